The maximum absolute atomic E-state index is 11.8. The Morgan fingerprint density at radius 2 is 1.81 bits per heavy atom. The molecule has 110 valence electrons. The van der Waals surface area contributed by atoms with Crippen molar-refractivity contribution in [2.24, 2.45) is 0 Å². The first kappa shape index (κ1) is 15.3. The molecule has 0 aliphatic heterocycles. The van der Waals surface area contributed by atoms with Gasteiger partial charge in [-0.3, -0.25) is 0 Å². The fraction of sp³-hybridized carbons (Fsp3) is 0.200. The summed E-state index contributed by atoms with van der Waals surface area (Å²) in [6, 6.07) is 7.63. The van der Waals surface area contributed by atoms with Crippen LogP contribution < -0.4 is 4.72 Å². The molecule has 2 rings (SSSR count). The Morgan fingerprint density at radius 1 is 1.14 bits per heavy atom. The van der Waals surface area contributed by atoms with Crippen LogP contribution in [0.4, 0.5) is 0 Å². The summed E-state index contributed by atoms with van der Waals surface area (Å²) in [7, 11) is -3.43. The van der Waals surface area contributed by atoms with Gasteiger partial charge in [-0.2, -0.15) is 0 Å². The van der Waals surface area contributed by atoms with Crippen LogP contribution in [0.1, 0.15) is 16.7 Å². The van der Waals surface area contributed by atoms with E-state index in [9.17, 15) is 8.42 Å². The Hall–Kier alpha value is -2.05. The van der Waals surface area contributed by atoms with E-state index in [2.05, 4.69) is 14.7 Å². The molecule has 1 N–H and O–H groups in total. The third-order valence-corrected chi connectivity index (χ3v) is 3.95. The van der Waals surface area contributed by atoms with Gasteiger partial charge in [0, 0.05) is 24.3 Å². The average Bonchev–Trinajstić information content (AvgIpc) is 2.48. The van der Waals surface area contributed by atoms with Crippen molar-refractivity contribution >= 4 is 16.1 Å². The zero-order chi connectivity index (χ0) is 15.1. The second-order valence-electron chi connectivity index (χ2n) is 4.65. The van der Waals surface area contributed by atoms with Crippen molar-refractivity contribution in [2.75, 3.05) is 6.54 Å². The van der Waals surface area contributed by atoms with Gasteiger partial charge in [-0.05, 0) is 30.5 Å². The molecule has 0 aliphatic carbocycles. The molecule has 0 bridgehead atoms. The largest absolute Gasteiger partial charge is 0.245 e. The number of hydrogen-bond acceptors (Lipinski definition) is 4. The number of benzene rings is 1. The van der Waals surface area contributed by atoms with Crippen molar-refractivity contribution in [3.05, 3.63) is 65.1 Å². The van der Waals surface area contributed by atoms with Gasteiger partial charge in [0.15, 0.2) is 0 Å². The highest BCUT2D eigenvalue weighted by Gasteiger charge is 2.04. The number of sulfonamides is 1. The smallest absolute Gasteiger partial charge is 0.233 e. The van der Waals surface area contributed by atoms with Gasteiger partial charge < -0.3 is 0 Å². The van der Waals surface area contributed by atoms with Crippen LogP contribution in [-0.4, -0.2) is 24.9 Å². The van der Waals surface area contributed by atoms with Crippen LogP contribution in [0.15, 0.2) is 48.4 Å². The van der Waals surface area contributed by atoms with Crippen LogP contribution in [0.5, 0.6) is 0 Å². The van der Waals surface area contributed by atoms with Crippen LogP contribution in [0.25, 0.3) is 6.08 Å². The lowest BCUT2D eigenvalue weighted by molar-refractivity contribution is 0.591. The standard InChI is InChI=1S/C15H17N3O2S/c1-13-2-4-14(5-3-13)7-9-21(19,20)18-8-6-15-10-16-12-17-11-15/h2-5,7,9-12,18H,6,8H2,1H3/b9-7+. The molecule has 0 fully saturated rings. The molecule has 0 radical (unpaired) electrons. The highest BCUT2D eigenvalue weighted by atomic mass is 32.2. The highest BCUT2D eigenvalue weighted by molar-refractivity contribution is 7.92. The van der Waals surface area contributed by atoms with Gasteiger partial charge in [0.1, 0.15) is 6.33 Å². The van der Waals surface area contributed by atoms with E-state index in [0.717, 1.165) is 16.7 Å². The van der Waals surface area contributed by atoms with Gasteiger partial charge in [0.05, 0.1) is 0 Å². The van der Waals surface area contributed by atoms with Crippen molar-refractivity contribution in [3.63, 3.8) is 0 Å². The van der Waals surface area contributed by atoms with Crippen LogP contribution in [0.3, 0.4) is 0 Å². The summed E-state index contributed by atoms with van der Waals surface area (Å²) in [5.41, 5.74) is 2.88. The fourth-order valence-electron chi connectivity index (χ4n) is 1.69. The summed E-state index contributed by atoms with van der Waals surface area (Å²) in [5, 5.41) is 1.18. The van der Waals surface area contributed by atoms with Crippen molar-refractivity contribution in [2.45, 2.75) is 13.3 Å². The Bertz CT molecular complexity index is 695. The minimum atomic E-state index is -3.43. The molecule has 6 heteroatoms. The monoisotopic (exact) mass is 303 g/mol. The quantitative estimate of drug-likeness (QED) is 0.885. The predicted molar refractivity (Wildman–Crippen MR) is 82.9 cm³/mol. The minimum Gasteiger partial charge on any atom is -0.245 e. The third kappa shape index (κ3) is 5.45. The Balaban J connectivity index is 1.88. The number of aromatic nitrogens is 2. The maximum atomic E-state index is 11.8. The van der Waals surface area contributed by atoms with Crippen molar-refractivity contribution < 1.29 is 8.42 Å². The zero-order valence-corrected chi connectivity index (χ0v) is 12.5. The molecule has 0 saturated carbocycles. The number of nitrogens with one attached hydrogen (secondary N) is 1. The van der Waals surface area contributed by atoms with Crippen molar-refractivity contribution in [3.8, 4) is 0 Å². The normalized spacial score (nSPS) is 11.9. The Morgan fingerprint density at radius 3 is 2.48 bits per heavy atom. The summed E-state index contributed by atoms with van der Waals surface area (Å²) in [6.07, 6.45) is 6.91. The van der Waals surface area contributed by atoms with Crippen LogP contribution in [0.2, 0.25) is 0 Å². The van der Waals surface area contributed by atoms with E-state index >= 15 is 0 Å². The number of nitrogens with zero attached hydrogens (tertiary/aromatic N) is 2. The molecule has 1 aromatic carbocycles. The molecule has 5 nitrogen and oxygen atoms in total. The lowest BCUT2D eigenvalue weighted by Crippen LogP contribution is -2.23. The topological polar surface area (TPSA) is 72.0 Å². The van der Waals surface area contributed by atoms with E-state index in [-0.39, 0.29) is 0 Å². The molecular formula is C15H17N3O2S. The summed E-state index contributed by atoms with van der Waals surface area (Å²) in [4.78, 5) is 7.76. The number of rotatable bonds is 6. The lowest BCUT2D eigenvalue weighted by Gasteiger charge is -2.02. The molecule has 0 amide bonds. The first-order chi connectivity index (χ1) is 10.1. The molecule has 0 unspecified atom stereocenters. The first-order valence-corrected chi connectivity index (χ1v) is 8.08. The van der Waals surface area contributed by atoms with Crippen LogP contribution >= 0.6 is 0 Å². The van der Waals surface area contributed by atoms with E-state index in [1.165, 1.54) is 11.7 Å². The van der Waals surface area contributed by atoms with Crippen molar-refractivity contribution in [1.82, 2.24) is 14.7 Å². The van der Waals surface area contributed by atoms with Crippen molar-refractivity contribution in [1.29, 1.82) is 0 Å². The molecular weight excluding hydrogens is 286 g/mol. The summed E-state index contributed by atoms with van der Waals surface area (Å²) >= 11 is 0. The Kier molecular flexibility index (Phi) is 5.19. The molecule has 0 spiro atoms. The van der Waals surface area contributed by atoms with Gasteiger partial charge in [-0.25, -0.2) is 23.1 Å². The van der Waals surface area contributed by atoms with E-state index in [1.54, 1.807) is 18.5 Å². The van der Waals surface area contributed by atoms with Gasteiger partial charge in [0.25, 0.3) is 0 Å². The predicted octanol–water partition coefficient (Wildman–Crippen LogP) is 1.92. The fourth-order valence-corrected chi connectivity index (χ4v) is 2.51. The van der Waals surface area contributed by atoms with Gasteiger partial charge in [-0.15, -0.1) is 0 Å². The Labute approximate surface area is 124 Å². The average molecular weight is 303 g/mol. The third-order valence-electron chi connectivity index (χ3n) is 2.85. The summed E-state index contributed by atoms with van der Waals surface area (Å²) < 4.78 is 26.2. The van der Waals surface area contributed by atoms with Gasteiger partial charge in [-0.1, -0.05) is 29.8 Å². The molecule has 1 aromatic heterocycles. The molecule has 0 aliphatic rings. The van der Waals surface area contributed by atoms with E-state index in [1.807, 2.05) is 31.2 Å². The number of hydrogen-bond donors (Lipinski definition) is 1. The maximum Gasteiger partial charge on any atom is 0.233 e. The SMILES string of the molecule is Cc1ccc(/C=C/S(=O)(=O)NCCc2cncnc2)cc1. The van der Waals surface area contributed by atoms with E-state index in [0.29, 0.717) is 13.0 Å². The second-order valence-corrected chi connectivity index (χ2v) is 6.30. The number of aryl methyl sites for hydroxylation is 1. The molecule has 0 saturated heterocycles. The molecule has 2 aromatic rings. The van der Waals surface area contributed by atoms with E-state index in [4.69, 9.17) is 0 Å². The van der Waals surface area contributed by atoms with Gasteiger partial charge in [0.2, 0.25) is 10.0 Å². The first-order valence-electron chi connectivity index (χ1n) is 6.53. The highest BCUT2D eigenvalue weighted by Crippen LogP contribution is 2.06. The van der Waals surface area contributed by atoms with Gasteiger partial charge >= 0.3 is 0 Å². The lowest BCUT2D eigenvalue weighted by atomic mass is 10.2. The van der Waals surface area contributed by atoms with E-state index < -0.39 is 10.0 Å². The van der Waals surface area contributed by atoms with Crippen LogP contribution in [-0.2, 0) is 16.4 Å². The van der Waals surface area contributed by atoms with Crippen LogP contribution in [0, 0.1) is 6.92 Å². The second kappa shape index (κ2) is 7.10. The molecule has 21 heavy (non-hydrogen) atoms. The molecule has 1 heterocycles. The molecule has 0 atom stereocenters. The minimum absolute atomic E-state index is 0.313. The summed E-state index contributed by atoms with van der Waals surface area (Å²) in [6.45, 7) is 2.30. The zero-order valence-electron chi connectivity index (χ0n) is 11.7. The summed E-state index contributed by atoms with van der Waals surface area (Å²) in [5.74, 6) is 0.